The molecule has 0 fully saturated rings. The molecule has 1 aromatic carbocycles. The van der Waals surface area contributed by atoms with E-state index in [1.54, 1.807) is 0 Å². The van der Waals surface area contributed by atoms with Crippen molar-refractivity contribution in [1.82, 2.24) is 9.97 Å². The number of anilines is 1. The standard InChI is InChI=1S/C13H12F2N4O4S/c1-18(8-9-7-16-4-5-17-9)11-3-2-10(6-12(11)19(20)21)24(22,23)13(14)15/h2-7,13H,8H2,1H3. The maximum absolute atomic E-state index is 12.6. The summed E-state index contributed by atoms with van der Waals surface area (Å²) in [6.45, 7) is 0.162. The molecule has 24 heavy (non-hydrogen) atoms. The summed E-state index contributed by atoms with van der Waals surface area (Å²) in [6.07, 6.45) is 4.39. The van der Waals surface area contributed by atoms with E-state index in [2.05, 4.69) is 9.97 Å². The van der Waals surface area contributed by atoms with Gasteiger partial charge in [0.1, 0.15) is 5.69 Å². The van der Waals surface area contributed by atoms with Crippen LogP contribution in [0.2, 0.25) is 0 Å². The van der Waals surface area contributed by atoms with Gasteiger partial charge in [-0.2, -0.15) is 8.78 Å². The molecular formula is C13H12F2N4O4S. The molecule has 2 rings (SSSR count). The minimum atomic E-state index is -4.91. The third-order valence-corrected chi connectivity index (χ3v) is 4.51. The molecule has 0 bridgehead atoms. The van der Waals surface area contributed by atoms with Crippen LogP contribution in [0.3, 0.4) is 0 Å². The van der Waals surface area contributed by atoms with E-state index in [0.717, 1.165) is 12.1 Å². The Morgan fingerprint density at radius 1 is 1.33 bits per heavy atom. The lowest BCUT2D eigenvalue weighted by molar-refractivity contribution is -0.384. The van der Waals surface area contributed by atoms with Gasteiger partial charge in [0.15, 0.2) is 0 Å². The van der Waals surface area contributed by atoms with Crippen molar-refractivity contribution in [2.24, 2.45) is 0 Å². The molecule has 0 aliphatic heterocycles. The van der Waals surface area contributed by atoms with Gasteiger partial charge in [-0.05, 0) is 12.1 Å². The van der Waals surface area contributed by atoms with Crippen LogP contribution in [-0.4, -0.2) is 36.1 Å². The number of nitrogens with zero attached hydrogens (tertiary/aromatic N) is 4. The first-order chi connectivity index (χ1) is 11.2. The lowest BCUT2D eigenvalue weighted by Crippen LogP contribution is -2.19. The second-order valence-corrected chi connectivity index (χ2v) is 6.68. The first-order valence-corrected chi connectivity index (χ1v) is 8.04. The van der Waals surface area contributed by atoms with E-state index in [1.807, 2.05) is 0 Å². The zero-order valence-electron chi connectivity index (χ0n) is 12.3. The van der Waals surface area contributed by atoms with Crippen LogP contribution in [0.5, 0.6) is 0 Å². The van der Waals surface area contributed by atoms with Crippen LogP contribution >= 0.6 is 0 Å². The van der Waals surface area contributed by atoms with Crippen molar-refractivity contribution in [3.8, 4) is 0 Å². The van der Waals surface area contributed by atoms with Crippen molar-refractivity contribution in [2.75, 3.05) is 11.9 Å². The van der Waals surface area contributed by atoms with E-state index in [-0.39, 0.29) is 12.2 Å². The molecule has 128 valence electrons. The van der Waals surface area contributed by atoms with Crippen molar-refractivity contribution in [3.63, 3.8) is 0 Å². The molecular weight excluding hydrogens is 346 g/mol. The smallest absolute Gasteiger partial charge is 0.341 e. The molecule has 8 nitrogen and oxygen atoms in total. The molecule has 0 saturated heterocycles. The molecule has 0 unspecified atom stereocenters. The number of nitro benzene ring substituents is 1. The van der Waals surface area contributed by atoms with Crippen LogP contribution in [0.25, 0.3) is 0 Å². The van der Waals surface area contributed by atoms with Gasteiger partial charge in [-0.1, -0.05) is 0 Å². The second kappa shape index (κ2) is 6.83. The lowest BCUT2D eigenvalue weighted by atomic mass is 10.2. The minimum absolute atomic E-state index is 0.0684. The normalized spacial score (nSPS) is 11.5. The van der Waals surface area contributed by atoms with Crippen molar-refractivity contribution < 1.29 is 22.1 Å². The van der Waals surface area contributed by atoms with E-state index in [9.17, 15) is 27.3 Å². The first kappa shape index (κ1) is 17.7. The van der Waals surface area contributed by atoms with Gasteiger partial charge < -0.3 is 4.90 Å². The quantitative estimate of drug-likeness (QED) is 0.574. The van der Waals surface area contributed by atoms with Crippen LogP contribution in [0.15, 0.2) is 41.7 Å². The SMILES string of the molecule is CN(Cc1cnccn1)c1ccc(S(=O)(=O)C(F)F)cc1[N+](=O)[O-]. The molecule has 11 heteroatoms. The van der Waals surface area contributed by atoms with Crippen molar-refractivity contribution in [3.05, 3.63) is 52.6 Å². The number of halogens is 2. The summed E-state index contributed by atoms with van der Waals surface area (Å²) in [5.74, 6) is -3.65. The third-order valence-electron chi connectivity index (χ3n) is 3.13. The molecule has 0 N–H and O–H groups in total. The molecule has 0 atom stereocenters. The Morgan fingerprint density at radius 3 is 2.58 bits per heavy atom. The third kappa shape index (κ3) is 3.62. The number of rotatable bonds is 6. The number of benzene rings is 1. The van der Waals surface area contributed by atoms with Crippen LogP contribution in [0.4, 0.5) is 20.2 Å². The van der Waals surface area contributed by atoms with E-state index < -0.39 is 31.1 Å². The number of hydrogen-bond acceptors (Lipinski definition) is 7. The summed E-state index contributed by atoms with van der Waals surface area (Å²) >= 11 is 0. The number of alkyl halides is 2. The fourth-order valence-electron chi connectivity index (χ4n) is 1.99. The number of aromatic nitrogens is 2. The van der Waals surface area contributed by atoms with Crippen molar-refractivity contribution in [1.29, 1.82) is 0 Å². The van der Waals surface area contributed by atoms with Crippen LogP contribution in [-0.2, 0) is 16.4 Å². The highest BCUT2D eigenvalue weighted by atomic mass is 32.2. The van der Waals surface area contributed by atoms with Gasteiger partial charge >= 0.3 is 5.76 Å². The largest absolute Gasteiger partial charge is 0.363 e. The van der Waals surface area contributed by atoms with Gasteiger partial charge in [0.05, 0.1) is 28.3 Å². The average Bonchev–Trinajstić information content (AvgIpc) is 2.54. The average molecular weight is 358 g/mol. The molecule has 0 radical (unpaired) electrons. The predicted molar refractivity (Wildman–Crippen MR) is 80.4 cm³/mol. The van der Waals surface area contributed by atoms with E-state index >= 15 is 0 Å². The summed E-state index contributed by atoms with van der Waals surface area (Å²) in [4.78, 5) is 18.9. The summed E-state index contributed by atoms with van der Waals surface area (Å²) < 4.78 is 48.1. The fraction of sp³-hybridized carbons (Fsp3) is 0.231. The second-order valence-electron chi connectivity index (χ2n) is 4.77. The van der Waals surface area contributed by atoms with E-state index in [0.29, 0.717) is 11.8 Å². The summed E-state index contributed by atoms with van der Waals surface area (Å²) in [5, 5.41) is 11.2. The number of hydrogen-bond donors (Lipinski definition) is 0. The summed E-state index contributed by atoms with van der Waals surface area (Å²) in [7, 11) is -3.39. The monoisotopic (exact) mass is 358 g/mol. The molecule has 2 aromatic rings. The van der Waals surface area contributed by atoms with Crippen molar-refractivity contribution >= 4 is 21.2 Å². The Morgan fingerprint density at radius 2 is 2.04 bits per heavy atom. The Bertz CT molecular complexity index is 846. The number of sulfone groups is 1. The van der Waals surface area contributed by atoms with Crippen LogP contribution < -0.4 is 4.90 Å². The summed E-state index contributed by atoms with van der Waals surface area (Å²) in [5.41, 5.74) is 0.000520. The predicted octanol–water partition coefficient (Wildman–Crippen LogP) is 2.02. The van der Waals surface area contributed by atoms with Crippen LogP contribution in [0.1, 0.15) is 5.69 Å². The zero-order chi connectivity index (χ0) is 17.9. The van der Waals surface area contributed by atoms with Gasteiger partial charge in [0, 0.05) is 25.5 Å². The molecule has 0 aliphatic carbocycles. The van der Waals surface area contributed by atoms with Gasteiger partial charge in [-0.25, -0.2) is 8.42 Å². The lowest BCUT2D eigenvalue weighted by Gasteiger charge is -2.19. The summed E-state index contributed by atoms with van der Waals surface area (Å²) in [6, 6.07) is 2.66. The Hall–Kier alpha value is -2.69. The number of nitro groups is 1. The Labute approximate surface area is 135 Å². The van der Waals surface area contributed by atoms with Crippen LogP contribution in [0, 0.1) is 10.1 Å². The first-order valence-electron chi connectivity index (χ1n) is 6.50. The van der Waals surface area contributed by atoms with Crippen molar-refractivity contribution in [2.45, 2.75) is 17.2 Å². The highest BCUT2D eigenvalue weighted by molar-refractivity contribution is 7.91. The Kier molecular flexibility index (Phi) is 5.02. The molecule has 0 amide bonds. The molecule has 0 spiro atoms. The maximum Gasteiger partial charge on any atom is 0.341 e. The Balaban J connectivity index is 2.42. The van der Waals surface area contributed by atoms with E-state index in [4.69, 9.17) is 0 Å². The molecule has 0 saturated carbocycles. The topological polar surface area (TPSA) is 106 Å². The fourth-order valence-corrected chi connectivity index (χ4v) is 2.73. The highest BCUT2D eigenvalue weighted by Crippen LogP contribution is 2.32. The van der Waals surface area contributed by atoms with Gasteiger partial charge in [0.25, 0.3) is 5.69 Å². The molecule has 0 aliphatic rings. The van der Waals surface area contributed by atoms with Gasteiger partial charge in [0.2, 0.25) is 9.84 Å². The maximum atomic E-state index is 12.6. The molecule has 1 heterocycles. The minimum Gasteiger partial charge on any atom is -0.363 e. The van der Waals surface area contributed by atoms with E-state index in [1.165, 1.54) is 30.5 Å². The molecule has 1 aromatic heterocycles. The zero-order valence-corrected chi connectivity index (χ0v) is 13.2. The van der Waals surface area contributed by atoms with Gasteiger partial charge in [-0.15, -0.1) is 0 Å². The highest BCUT2D eigenvalue weighted by Gasteiger charge is 2.30. The van der Waals surface area contributed by atoms with Gasteiger partial charge in [-0.3, -0.25) is 20.1 Å².